The van der Waals surface area contributed by atoms with Gasteiger partial charge in [0.1, 0.15) is 11.5 Å². The predicted molar refractivity (Wildman–Crippen MR) is 135 cm³/mol. The molecule has 0 aliphatic carbocycles. The molecule has 1 aliphatic heterocycles. The van der Waals surface area contributed by atoms with E-state index in [1.165, 1.54) is 10.9 Å². The first-order valence-electron chi connectivity index (χ1n) is 12.0. The van der Waals surface area contributed by atoms with Crippen molar-refractivity contribution in [3.63, 3.8) is 0 Å². The summed E-state index contributed by atoms with van der Waals surface area (Å²) < 4.78 is 26.8. The van der Waals surface area contributed by atoms with Crippen molar-refractivity contribution in [3.8, 4) is 17.2 Å². The summed E-state index contributed by atoms with van der Waals surface area (Å²) in [4.78, 5) is 30.2. The van der Waals surface area contributed by atoms with Crippen molar-refractivity contribution in [1.29, 1.82) is 0 Å². The van der Waals surface area contributed by atoms with Crippen LogP contribution in [0, 0.1) is 6.92 Å². The first-order chi connectivity index (χ1) is 18.3. The molecule has 2 unspecified atom stereocenters. The van der Waals surface area contributed by atoms with Crippen LogP contribution in [0.3, 0.4) is 0 Å². The number of halogens is 2. The van der Waals surface area contributed by atoms with E-state index in [0.717, 1.165) is 23.9 Å². The molecule has 13 heteroatoms. The van der Waals surface area contributed by atoms with E-state index < -0.39 is 6.43 Å². The van der Waals surface area contributed by atoms with Gasteiger partial charge in [-0.3, -0.25) is 15.2 Å². The van der Waals surface area contributed by atoms with Gasteiger partial charge in [0.05, 0.1) is 17.9 Å². The maximum Gasteiger partial charge on any atom is 0.270 e. The van der Waals surface area contributed by atoms with Crippen LogP contribution in [0.15, 0.2) is 55.1 Å². The van der Waals surface area contributed by atoms with Gasteiger partial charge in [0, 0.05) is 48.5 Å². The van der Waals surface area contributed by atoms with Crippen LogP contribution in [-0.2, 0) is 6.54 Å². The van der Waals surface area contributed by atoms with Gasteiger partial charge in [-0.2, -0.15) is 5.10 Å². The monoisotopic (exact) mass is 520 g/mol. The van der Waals surface area contributed by atoms with Crippen molar-refractivity contribution in [1.82, 2.24) is 45.9 Å². The lowest BCUT2D eigenvalue weighted by Gasteiger charge is -2.14. The number of carbonyl (C=O) groups excluding carboxylic acids is 1. The van der Waals surface area contributed by atoms with Crippen LogP contribution in [0.25, 0.3) is 17.2 Å². The Morgan fingerprint density at radius 2 is 2.00 bits per heavy atom. The molecule has 1 amide bonds. The Bertz CT molecular complexity index is 1410. The molecule has 11 nitrogen and oxygen atoms in total. The van der Waals surface area contributed by atoms with Crippen LogP contribution in [0.1, 0.15) is 47.1 Å². The second kappa shape index (κ2) is 10.9. The van der Waals surface area contributed by atoms with Crippen LogP contribution < -0.4 is 21.5 Å². The van der Waals surface area contributed by atoms with Crippen molar-refractivity contribution in [3.05, 3.63) is 77.6 Å². The molecule has 5 heterocycles. The van der Waals surface area contributed by atoms with Gasteiger partial charge in [-0.05, 0) is 44.0 Å². The topological polar surface area (TPSA) is 135 Å². The fourth-order valence-electron chi connectivity index (χ4n) is 3.92. The lowest BCUT2D eigenvalue weighted by Crippen LogP contribution is -2.36. The Morgan fingerprint density at radius 3 is 2.66 bits per heavy atom. The quantitative estimate of drug-likeness (QED) is 0.277. The maximum atomic E-state index is 12.8. The molecule has 196 valence electrons. The molecule has 0 aromatic carbocycles. The van der Waals surface area contributed by atoms with Crippen LogP contribution in [0.4, 0.5) is 14.6 Å². The molecule has 0 spiro atoms. The fourth-order valence-corrected chi connectivity index (χ4v) is 3.92. The molecule has 0 radical (unpaired) electrons. The molecule has 4 aromatic heterocycles. The number of carbonyl (C=O) groups is 1. The summed E-state index contributed by atoms with van der Waals surface area (Å²) in [6.07, 6.45) is 3.83. The first-order valence-corrected chi connectivity index (χ1v) is 12.0. The Morgan fingerprint density at radius 1 is 1.13 bits per heavy atom. The van der Waals surface area contributed by atoms with Gasteiger partial charge in [-0.15, -0.1) is 0 Å². The summed E-state index contributed by atoms with van der Waals surface area (Å²) in [5.74, 6) is 1.25. The van der Waals surface area contributed by atoms with Gasteiger partial charge >= 0.3 is 0 Å². The number of rotatable bonds is 8. The summed E-state index contributed by atoms with van der Waals surface area (Å²) >= 11 is 0. The molecule has 1 aliphatic rings. The Labute approximate surface area is 217 Å². The van der Waals surface area contributed by atoms with Crippen molar-refractivity contribution < 1.29 is 13.6 Å². The minimum atomic E-state index is -2.60. The minimum absolute atomic E-state index is 0.0617. The van der Waals surface area contributed by atoms with Crippen molar-refractivity contribution in [2.24, 2.45) is 0 Å². The summed E-state index contributed by atoms with van der Waals surface area (Å²) in [5.41, 5.74) is 8.64. The fraction of sp³-hybridized carbons (Fsp3) is 0.280. The lowest BCUT2D eigenvalue weighted by molar-refractivity contribution is 0.0946. The molecular weight excluding hydrogens is 494 g/mol. The smallest absolute Gasteiger partial charge is 0.270 e. The van der Waals surface area contributed by atoms with Crippen LogP contribution in [-0.4, -0.2) is 47.8 Å². The number of hydrogen-bond acceptors (Lipinski definition) is 9. The highest BCUT2D eigenvalue weighted by Gasteiger charge is 2.20. The zero-order valence-corrected chi connectivity index (χ0v) is 20.7. The molecule has 5 rings (SSSR count). The number of aryl methyl sites for hydroxylation is 1. The first kappa shape index (κ1) is 25.3. The summed E-state index contributed by atoms with van der Waals surface area (Å²) in [5, 5.41) is 10.0. The Kier molecular flexibility index (Phi) is 7.29. The SMILES string of the molecule is Cc1cc(NC2CC(C)NN2)nc(-c2ccc(C(=O)NCc3ccc(-n4cc(C(F)F)cn4)nc3)nc2)n1. The second-order valence-corrected chi connectivity index (χ2v) is 9.00. The highest BCUT2D eigenvalue weighted by molar-refractivity contribution is 5.92. The zero-order chi connectivity index (χ0) is 26.6. The third kappa shape index (κ3) is 5.95. The number of anilines is 1. The number of alkyl halides is 2. The van der Waals surface area contributed by atoms with E-state index >= 15 is 0 Å². The standard InChI is InChI=1S/C25H26F2N10O/c1-14-7-20(33-21-8-15(2)35-36-21)34-24(32-14)17-4-5-19(28-11-17)25(38)30-10-16-3-6-22(29-9-16)37-13-18(12-31-37)23(26)27/h3-7,9,11-13,15,21,23,35-36H,8,10H2,1-2H3,(H,30,38)(H,32,33,34). The van der Waals surface area contributed by atoms with E-state index in [2.05, 4.69) is 53.4 Å². The molecular formula is C25H26F2N10O. The summed E-state index contributed by atoms with van der Waals surface area (Å²) in [6, 6.07) is 8.99. The van der Waals surface area contributed by atoms with Gasteiger partial charge in [0.2, 0.25) is 0 Å². The third-order valence-corrected chi connectivity index (χ3v) is 5.88. The van der Waals surface area contributed by atoms with Gasteiger partial charge in [-0.1, -0.05) is 6.07 Å². The van der Waals surface area contributed by atoms with E-state index in [4.69, 9.17) is 0 Å². The van der Waals surface area contributed by atoms with Crippen LogP contribution in [0.5, 0.6) is 0 Å². The van der Waals surface area contributed by atoms with E-state index in [9.17, 15) is 13.6 Å². The highest BCUT2D eigenvalue weighted by Crippen LogP contribution is 2.20. The summed E-state index contributed by atoms with van der Waals surface area (Å²) in [7, 11) is 0. The largest absolute Gasteiger partial charge is 0.353 e. The number of hydrazine groups is 1. The second-order valence-electron chi connectivity index (χ2n) is 9.00. The van der Waals surface area contributed by atoms with Crippen LogP contribution in [0.2, 0.25) is 0 Å². The van der Waals surface area contributed by atoms with Crippen LogP contribution >= 0.6 is 0 Å². The van der Waals surface area contributed by atoms with Gasteiger partial charge in [-0.25, -0.2) is 33.8 Å². The molecule has 38 heavy (non-hydrogen) atoms. The Balaban J connectivity index is 1.19. The minimum Gasteiger partial charge on any atom is -0.353 e. The Hall–Kier alpha value is -4.36. The van der Waals surface area contributed by atoms with Gasteiger partial charge in [0.15, 0.2) is 11.6 Å². The normalized spacial score (nSPS) is 17.1. The summed E-state index contributed by atoms with van der Waals surface area (Å²) in [6.45, 7) is 4.21. The van der Waals surface area contributed by atoms with E-state index in [1.54, 1.807) is 36.7 Å². The molecule has 1 fully saturated rings. The third-order valence-electron chi connectivity index (χ3n) is 5.88. The number of amides is 1. The van der Waals surface area contributed by atoms with Crippen molar-refractivity contribution >= 4 is 11.7 Å². The number of nitrogens with zero attached hydrogens (tertiary/aromatic N) is 6. The number of nitrogens with one attached hydrogen (secondary N) is 4. The van der Waals surface area contributed by atoms with Gasteiger partial charge in [0.25, 0.3) is 12.3 Å². The molecule has 4 aromatic rings. The molecule has 0 saturated carbocycles. The highest BCUT2D eigenvalue weighted by atomic mass is 19.3. The number of hydrogen-bond donors (Lipinski definition) is 4. The van der Waals surface area contributed by atoms with Crippen molar-refractivity contribution in [2.75, 3.05) is 5.32 Å². The van der Waals surface area contributed by atoms with E-state index in [1.807, 2.05) is 13.0 Å². The predicted octanol–water partition coefficient (Wildman–Crippen LogP) is 2.92. The maximum absolute atomic E-state index is 12.8. The van der Waals surface area contributed by atoms with Crippen molar-refractivity contribution in [2.45, 2.75) is 45.4 Å². The van der Waals surface area contributed by atoms with Gasteiger partial charge < -0.3 is 10.6 Å². The zero-order valence-electron chi connectivity index (χ0n) is 20.7. The number of aromatic nitrogens is 6. The number of pyridine rings is 2. The average Bonchev–Trinajstić information content (AvgIpc) is 3.57. The lowest BCUT2D eigenvalue weighted by atomic mass is 10.2. The van der Waals surface area contributed by atoms with E-state index in [0.29, 0.717) is 29.1 Å². The average molecular weight is 521 g/mol. The van der Waals surface area contributed by atoms with E-state index in [-0.39, 0.29) is 29.9 Å². The molecule has 0 bridgehead atoms. The molecule has 2 atom stereocenters. The molecule has 4 N–H and O–H groups in total. The molecule has 1 saturated heterocycles.